The predicted octanol–water partition coefficient (Wildman–Crippen LogP) is 2.75. The van der Waals surface area contributed by atoms with E-state index in [4.69, 9.17) is 4.74 Å². The van der Waals surface area contributed by atoms with Gasteiger partial charge in [0, 0.05) is 22.7 Å². The monoisotopic (exact) mass is 260 g/mol. The van der Waals surface area contributed by atoms with Crippen LogP contribution in [0.1, 0.15) is 31.1 Å². The lowest BCUT2D eigenvalue weighted by Crippen LogP contribution is -2.22. The van der Waals surface area contributed by atoms with Crippen molar-refractivity contribution in [3.05, 3.63) is 30.0 Å². The van der Waals surface area contributed by atoms with Crippen LogP contribution in [0.4, 0.5) is 0 Å². The Morgan fingerprint density at radius 1 is 1.42 bits per heavy atom. The number of fused-ring (bicyclic) bond motifs is 1. The van der Waals surface area contributed by atoms with Gasteiger partial charge in [-0.25, -0.2) is 0 Å². The van der Waals surface area contributed by atoms with Crippen molar-refractivity contribution in [1.29, 1.82) is 0 Å². The zero-order valence-electron chi connectivity index (χ0n) is 11.6. The third-order valence-electron chi connectivity index (χ3n) is 2.86. The van der Waals surface area contributed by atoms with E-state index in [2.05, 4.69) is 10.3 Å². The highest BCUT2D eigenvalue weighted by Crippen LogP contribution is 2.24. The van der Waals surface area contributed by atoms with Crippen molar-refractivity contribution < 1.29 is 9.53 Å². The van der Waals surface area contributed by atoms with Gasteiger partial charge in [-0.15, -0.1) is 0 Å². The van der Waals surface area contributed by atoms with Gasteiger partial charge in [0.05, 0.1) is 12.6 Å². The van der Waals surface area contributed by atoms with Gasteiger partial charge in [-0.05, 0) is 38.6 Å². The summed E-state index contributed by atoms with van der Waals surface area (Å²) in [4.78, 5) is 15.2. The largest absolute Gasteiger partial charge is 0.491 e. The second-order valence-corrected chi connectivity index (χ2v) is 4.78. The van der Waals surface area contributed by atoms with Crippen LogP contribution in [0.5, 0.6) is 5.75 Å². The summed E-state index contributed by atoms with van der Waals surface area (Å²) in [5.74, 6) is 0.884. The first-order valence-corrected chi connectivity index (χ1v) is 6.63. The van der Waals surface area contributed by atoms with E-state index in [1.54, 1.807) is 6.20 Å². The standard InChI is InChI=1S/C15H20N2O2/c1-4-16-9-15(18)13-8-17-14-6-5-11(7-12(13)14)19-10(2)3/h5-8,10,16-17H,4,9H2,1-3H3. The third-order valence-corrected chi connectivity index (χ3v) is 2.86. The maximum atomic E-state index is 12.1. The Labute approximate surface area is 113 Å². The van der Waals surface area contributed by atoms with E-state index >= 15 is 0 Å². The van der Waals surface area contributed by atoms with Gasteiger partial charge in [-0.1, -0.05) is 6.92 Å². The molecule has 0 spiro atoms. The molecule has 0 aliphatic rings. The molecule has 0 saturated heterocycles. The van der Waals surface area contributed by atoms with Gasteiger partial charge in [0.15, 0.2) is 5.78 Å². The zero-order chi connectivity index (χ0) is 13.8. The molecule has 2 N–H and O–H groups in total. The minimum absolute atomic E-state index is 0.0924. The maximum absolute atomic E-state index is 12.1. The number of carbonyl (C=O) groups excluding carboxylic acids is 1. The Balaban J connectivity index is 2.31. The maximum Gasteiger partial charge on any atom is 0.178 e. The highest BCUT2D eigenvalue weighted by Gasteiger charge is 2.12. The lowest BCUT2D eigenvalue weighted by atomic mass is 10.1. The Bertz CT molecular complexity index is 573. The molecule has 4 heteroatoms. The molecular weight excluding hydrogens is 240 g/mol. The molecule has 2 rings (SSSR count). The van der Waals surface area contributed by atoms with Gasteiger partial charge in [-0.2, -0.15) is 0 Å². The summed E-state index contributed by atoms with van der Waals surface area (Å²) < 4.78 is 5.67. The van der Waals surface area contributed by atoms with Crippen LogP contribution in [0.2, 0.25) is 0 Å². The van der Waals surface area contributed by atoms with E-state index in [-0.39, 0.29) is 11.9 Å². The molecule has 1 aromatic carbocycles. The van der Waals surface area contributed by atoms with Crippen molar-refractivity contribution in [2.45, 2.75) is 26.9 Å². The minimum Gasteiger partial charge on any atom is -0.491 e. The number of aromatic nitrogens is 1. The summed E-state index contributed by atoms with van der Waals surface area (Å²) in [5, 5.41) is 3.97. The molecule has 0 saturated carbocycles. The topological polar surface area (TPSA) is 54.1 Å². The van der Waals surface area contributed by atoms with Crippen LogP contribution in [-0.4, -0.2) is 30.0 Å². The van der Waals surface area contributed by atoms with Gasteiger partial charge in [0.2, 0.25) is 0 Å². The van der Waals surface area contributed by atoms with E-state index in [1.165, 1.54) is 0 Å². The van der Waals surface area contributed by atoms with Gasteiger partial charge in [-0.3, -0.25) is 4.79 Å². The van der Waals surface area contributed by atoms with E-state index in [9.17, 15) is 4.79 Å². The van der Waals surface area contributed by atoms with Crippen molar-refractivity contribution in [2.75, 3.05) is 13.1 Å². The minimum atomic E-state index is 0.0924. The summed E-state index contributed by atoms with van der Waals surface area (Å²) in [7, 11) is 0. The number of ketones is 1. The quantitative estimate of drug-likeness (QED) is 0.785. The molecule has 1 heterocycles. The number of benzene rings is 1. The summed E-state index contributed by atoms with van der Waals surface area (Å²) in [6, 6.07) is 5.78. The molecule has 0 bridgehead atoms. The van der Waals surface area contributed by atoms with Crippen LogP contribution < -0.4 is 10.1 Å². The summed E-state index contributed by atoms with van der Waals surface area (Å²) in [6.07, 6.45) is 1.89. The average molecular weight is 260 g/mol. The molecule has 0 atom stereocenters. The molecule has 19 heavy (non-hydrogen) atoms. The normalized spacial score (nSPS) is 11.2. The van der Waals surface area contributed by atoms with Crippen molar-refractivity contribution in [2.24, 2.45) is 0 Å². The highest BCUT2D eigenvalue weighted by atomic mass is 16.5. The molecule has 102 valence electrons. The first-order valence-electron chi connectivity index (χ1n) is 6.63. The number of aromatic amines is 1. The van der Waals surface area contributed by atoms with Crippen LogP contribution in [-0.2, 0) is 0 Å². The number of rotatable bonds is 6. The second-order valence-electron chi connectivity index (χ2n) is 4.78. The van der Waals surface area contributed by atoms with E-state index < -0.39 is 0 Å². The first kappa shape index (κ1) is 13.6. The molecule has 4 nitrogen and oxygen atoms in total. The molecule has 1 aromatic heterocycles. The Kier molecular flexibility index (Phi) is 4.22. The van der Waals surface area contributed by atoms with Crippen LogP contribution in [0.15, 0.2) is 24.4 Å². The molecule has 0 aliphatic heterocycles. The Morgan fingerprint density at radius 2 is 2.21 bits per heavy atom. The fourth-order valence-corrected chi connectivity index (χ4v) is 2.01. The average Bonchev–Trinajstić information content (AvgIpc) is 2.78. The van der Waals surface area contributed by atoms with E-state index in [0.717, 1.165) is 23.2 Å². The van der Waals surface area contributed by atoms with Crippen LogP contribution in [0.3, 0.4) is 0 Å². The molecule has 2 aromatic rings. The van der Waals surface area contributed by atoms with Crippen LogP contribution in [0.25, 0.3) is 10.9 Å². The van der Waals surface area contributed by atoms with Gasteiger partial charge in [0.1, 0.15) is 5.75 Å². The molecule has 0 fully saturated rings. The molecule has 0 radical (unpaired) electrons. The number of nitrogens with one attached hydrogen (secondary N) is 2. The van der Waals surface area contributed by atoms with E-state index in [1.807, 2.05) is 39.0 Å². The Hall–Kier alpha value is -1.81. The number of Topliss-reactive ketones (excluding diaryl/α,β-unsaturated/α-hetero) is 1. The smallest absolute Gasteiger partial charge is 0.178 e. The van der Waals surface area contributed by atoms with Crippen LogP contribution in [0, 0.1) is 0 Å². The molecule has 0 unspecified atom stereocenters. The first-order chi connectivity index (χ1) is 9.11. The summed E-state index contributed by atoms with van der Waals surface area (Å²) in [5.41, 5.74) is 1.67. The molecule has 0 aliphatic carbocycles. The SMILES string of the molecule is CCNCC(=O)c1c[nH]c2ccc(OC(C)C)cc12. The summed E-state index contributed by atoms with van der Waals surface area (Å²) in [6.45, 7) is 7.10. The van der Waals surface area contributed by atoms with Crippen molar-refractivity contribution in [1.82, 2.24) is 10.3 Å². The molecular formula is C15H20N2O2. The fraction of sp³-hybridized carbons (Fsp3) is 0.400. The fourth-order valence-electron chi connectivity index (χ4n) is 2.01. The van der Waals surface area contributed by atoms with Crippen molar-refractivity contribution in [3.63, 3.8) is 0 Å². The number of hydrogen-bond donors (Lipinski definition) is 2. The predicted molar refractivity (Wildman–Crippen MR) is 76.9 cm³/mol. The lowest BCUT2D eigenvalue weighted by Gasteiger charge is -2.09. The van der Waals surface area contributed by atoms with Gasteiger partial charge >= 0.3 is 0 Å². The van der Waals surface area contributed by atoms with Gasteiger partial charge in [0.25, 0.3) is 0 Å². The summed E-state index contributed by atoms with van der Waals surface area (Å²) >= 11 is 0. The number of H-pyrrole nitrogens is 1. The molecule has 0 amide bonds. The van der Waals surface area contributed by atoms with Crippen molar-refractivity contribution >= 4 is 16.7 Å². The van der Waals surface area contributed by atoms with E-state index in [0.29, 0.717) is 12.1 Å². The van der Waals surface area contributed by atoms with Gasteiger partial charge < -0.3 is 15.0 Å². The van der Waals surface area contributed by atoms with Crippen molar-refractivity contribution in [3.8, 4) is 5.75 Å². The number of likely N-dealkylation sites (N-methyl/N-ethyl adjacent to an activating group) is 1. The number of ether oxygens (including phenoxy) is 1. The number of carbonyl (C=O) groups is 1. The second kappa shape index (κ2) is 5.89. The lowest BCUT2D eigenvalue weighted by molar-refractivity contribution is 0.0993. The zero-order valence-corrected chi connectivity index (χ0v) is 11.6. The highest BCUT2D eigenvalue weighted by molar-refractivity contribution is 6.09. The number of hydrogen-bond acceptors (Lipinski definition) is 3. The third kappa shape index (κ3) is 3.15. The Morgan fingerprint density at radius 3 is 2.89 bits per heavy atom. The van der Waals surface area contributed by atoms with Crippen LogP contribution >= 0.6 is 0 Å².